The number of thiophene rings is 1. The van der Waals surface area contributed by atoms with E-state index < -0.39 is 0 Å². The smallest absolute Gasteiger partial charge is 0.235 e. The van der Waals surface area contributed by atoms with Crippen LogP contribution in [0.3, 0.4) is 0 Å². The van der Waals surface area contributed by atoms with E-state index in [0.29, 0.717) is 5.95 Å². The zero-order chi connectivity index (χ0) is 27.5. The molecule has 4 heteroatoms. The summed E-state index contributed by atoms with van der Waals surface area (Å²) in [6.45, 7) is 6.13. The molecule has 0 fully saturated rings. The van der Waals surface area contributed by atoms with Crippen LogP contribution in [-0.4, -0.2) is 14.5 Å². The van der Waals surface area contributed by atoms with Crippen LogP contribution in [-0.2, 0) is 0 Å². The van der Waals surface area contributed by atoms with E-state index in [1.165, 1.54) is 42.1 Å². The van der Waals surface area contributed by atoms with Crippen LogP contribution in [0.4, 0.5) is 0 Å². The van der Waals surface area contributed by atoms with Crippen LogP contribution in [0.25, 0.3) is 76.8 Å². The number of nitrogens with zero attached hydrogens (tertiary/aromatic N) is 3. The third-order valence-corrected chi connectivity index (χ3v) is 9.23. The molecule has 8 aromatic rings. The van der Waals surface area contributed by atoms with Gasteiger partial charge in [-0.25, -0.2) is 9.97 Å². The Balaban J connectivity index is 1.60. The number of para-hydroxylation sites is 2. The molecule has 8 rings (SSSR count). The van der Waals surface area contributed by atoms with E-state index in [0.717, 1.165) is 33.2 Å². The van der Waals surface area contributed by atoms with E-state index in [2.05, 4.69) is 115 Å². The van der Waals surface area contributed by atoms with Crippen LogP contribution in [0, 0.1) is 6.92 Å². The zero-order valence-electron chi connectivity index (χ0n) is 22.5. The summed E-state index contributed by atoms with van der Waals surface area (Å²) in [5.74, 6) is 0.680. The van der Waals surface area contributed by atoms with Gasteiger partial charge in [0.1, 0.15) is 0 Å². The fraction of sp³-hybridized carbons (Fsp3) is 0.0270. The van der Waals surface area contributed by atoms with E-state index in [9.17, 15) is 0 Å². The topological polar surface area (TPSA) is 30.7 Å². The average molecular weight is 544 g/mol. The molecular weight excluding hydrogens is 518 g/mol. The molecule has 0 amide bonds. The first-order chi connectivity index (χ1) is 20.2. The molecular formula is C37H25N3S. The molecule has 0 aliphatic carbocycles. The van der Waals surface area contributed by atoms with Crippen molar-refractivity contribution >= 4 is 71.0 Å². The van der Waals surface area contributed by atoms with Crippen LogP contribution in [0.15, 0.2) is 122 Å². The van der Waals surface area contributed by atoms with Gasteiger partial charge in [-0.1, -0.05) is 110 Å². The highest BCUT2D eigenvalue weighted by molar-refractivity contribution is 7.21. The highest BCUT2D eigenvalue weighted by Gasteiger charge is 2.23. The number of hydrogen-bond acceptors (Lipinski definition) is 3. The molecule has 0 N–H and O–H groups in total. The first kappa shape index (κ1) is 23.8. The van der Waals surface area contributed by atoms with E-state index in [4.69, 9.17) is 9.97 Å². The molecule has 0 aliphatic rings. The molecule has 194 valence electrons. The van der Waals surface area contributed by atoms with Crippen molar-refractivity contribution in [2.45, 2.75) is 6.92 Å². The molecule has 0 radical (unpaired) electrons. The number of aryl methyl sites for hydroxylation is 1. The predicted molar refractivity (Wildman–Crippen MR) is 176 cm³/mol. The summed E-state index contributed by atoms with van der Waals surface area (Å²) in [7, 11) is 0. The lowest BCUT2D eigenvalue weighted by Gasteiger charge is -2.12. The minimum Gasteiger partial charge on any atom is -0.276 e. The summed E-state index contributed by atoms with van der Waals surface area (Å²) in [4.78, 5) is 11.7. The largest absolute Gasteiger partial charge is 0.276 e. The molecule has 3 nitrogen and oxygen atoms in total. The lowest BCUT2D eigenvalue weighted by Crippen LogP contribution is -2.03. The maximum absolute atomic E-state index is 5.31. The molecule has 0 unspecified atom stereocenters. The molecule has 0 aliphatic heterocycles. The summed E-state index contributed by atoms with van der Waals surface area (Å²) < 4.78 is 3.53. The molecule has 5 aromatic carbocycles. The van der Waals surface area contributed by atoms with Gasteiger partial charge < -0.3 is 0 Å². The van der Waals surface area contributed by atoms with E-state index in [1.807, 2.05) is 35.6 Å². The predicted octanol–water partition coefficient (Wildman–Crippen LogP) is 10.3. The number of benzene rings is 5. The van der Waals surface area contributed by atoms with Crippen molar-refractivity contribution in [3.8, 4) is 17.2 Å². The quantitative estimate of drug-likeness (QED) is 0.207. The summed E-state index contributed by atoms with van der Waals surface area (Å²) in [5.41, 5.74) is 6.47. The molecule has 3 heterocycles. The van der Waals surface area contributed by atoms with Crippen LogP contribution >= 0.6 is 11.3 Å². The molecule has 0 saturated heterocycles. The Morgan fingerprint density at radius 1 is 0.707 bits per heavy atom. The number of hydrogen-bond donors (Lipinski definition) is 0. The van der Waals surface area contributed by atoms with Gasteiger partial charge in [-0.3, -0.25) is 4.57 Å². The van der Waals surface area contributed by atoms with Gasteiger partial charge in [-0.05, 0) is 41.5 Å². The Hall–Kier alpha value is -5.06. The van der Waals surface area contributed by atoms with Crippen molar-refractivity contribution in [2.75, 3.05) is 0 Å². The van der Waals surface area contributed by atoms with Crippen molar-refractivity contribution in [3.05, 3.63) is 132 Å². The van der Waals surface area contributed by atoms with Crippen molar-refractivity contribution in [1.29, 1.82) is 0 Å². The van der Waals surface area contributed by atoms with Gasteiger partial charge in [0.05, 0.1) is 26.9 Å². The number of fused-ring (bicyclic) bond motifs is 9. The van der Waals surface area contributed by atoms with Crippen molar-refractivity contribution in [2.24, 2.45) is 0 Å². The first-order valence-corrected chi connectivity index (χ1v) is 14.5. The minimum absolute atomic E-state index is 0.680. The van der Waals surface area contributed by atoms with E-state index in [-0.39, 0.29) is 0 Å². The SMILES string of the molecule is C=C/C=C\c1sc2c(c1C)c1ccccc1c1c3ccccc3n(-c3nc(-c4ccccc4)c4ccccc4n3)c21. The fourth-order valence-electron chi connectivity index (χ4n) is 6.17. The Morgan fingerprint density at radius 3 is 2.15 bits per heavy atom. The molecule has 0 saturated carbocycles. The fourth-order valence-corrected chi connectivity index (χ4v) is 7.45. The van der Waals surface area contributed by atoms with E-state index in [1.54, 1.807) is 0 Å². The first-order valence-electron chi connectivity index (χ1n) is 13.7. The lowest BCUT2D eigenvalue weighted by atomic mass is 9.98. The molecule has 0 atom stereocenters. The Morgan fingerprint density at radius 2 is 1.37 bits per heavy atom. The molecule has 3 aromatic heterocycles. The zero-order valence-corrected chi connectivity index (χ0v) is 23.3. The van der Waals surface area contributed by atoms with Crippen LogP contribution in [0.1, 0.15) is 10.4 Å². The summed E-state index contributed by atoms with van der Waals surface area (Å²) in [5, 5.41) is 7.29. The second kappa shape index (κ2) is 9.26. The Kier molecular flexibility index (Phi) is 5.37. The van der Waals surface area contributed by atoms with Crippen molar-refractivity contribution in [3.63, 3.8) is 0 Å². The van der Waals surface area contributed by atoms with Gasteiger partial charge in [0, 0.05) is 32.0 Å². The second-order valence-corrected chi connectivity index (χ2v) is 11.3. The number of aromatic nitrogens is 3. The highest BCUT2D eigenvalue weighted by Crippen LogP contribution is 2.47. The standard InChI is InChI=1S/C37H25N3S/c1-3-4-22-31-23(2)32-25-16-8-9-17-26(25)33-28-19-11-13-21-30(28)40(35(33)36(32)41-31)37-38-29-20-12-10-18-27(29)34(39-37)24-14-6-5-7-15-24/h3-22H,1H2,2H3/b22-4-. The van der Waals surface area contributed by atoms with Gasteiger partial charge in [0.15, 0.2) is 0 Å². The van der Waals surface area contributed by atoms with E-state index >= 15 is 0 Å². The lowest BCUT2D eigenvalue weighted by molar-refractivity contribution is 1.02. The van der Waals surface area contributed by atoms with Gasteiger partial charge in [0.25, 0.3) is 0 Å². The van der Waals surface area contributed by atoms with Gasteiger partial charge in [-0.15, -0.1) is 11.3 Å². The molecule has 41 heavy (non-hydrogen) atoms. The Bertz CT molecular complexity index is 2340. The van der Waals surface area contributed by atoms with Crippen LogP contribution in [0.5, 0.6) is 0 Å². The molecule has 0 bridgehead atoms. The Labute approximate surface area is 241 Å². The normalized spacial score (nSPS) is 12.0. The third kappa shape index (κ3) is 3.51. The number of rotatable bonds is 4. The van der Waals surface area contributed by atoms with Gasteiger partial charge in [-0.2, -0.15) is 0 Å². The van der Waals surface area contributed by atoms with Gasteiger partial charge in [0.2, 0.25) is 5.95 Å². The summed E-state index contributed by atoms with van der Waals surface area (Å²) >= 11 is 1.83. The summed E-state index contributed by atoms with van der Waals surface area (Å²) in [6, 6.07) is 36.1. The van der Waals surface area contributed by atoms with Crippen LogP contribution < -0.4 is 0 Å². The van der Waals surface area contributed by atoms with Gasteiger partial charge >= 0.3 is 0 Å². The molecule has 0 spiro atoms. The second-order valence-electron chi connectivity index (χ2n) is 10.3. The number of allylic oxidation sites excluding steroid dienone is 2. The van der Waals surface area contributed by atoms with Crippen LogP contribution in [0.2, 0.25) is 0 Å². The monoisotopic (exact) mass is 543 g/mol. The maximum Gasteiger partial charge on any atom is 0.235 e. The average Bonchev–Trinajstić information content (AvgIpc) is 3.55. The maximum atomic E-state index is 5.31. The van der Waals surface area contributed by atoms with Crippen molar-refractivity contribution in [1.82, 2.24) is 14.5 Å². The third-order valence-electron chi connectivity index (χ3n) is 7.96. The van der Waals surface area contributed by atoms with Crippen molar-refractivity contribution < 1.29 is 0 Å². The minimum atomic E-state index is 0.680. The highest BCUT2D eigenvalue weighted by atomic mass is 32.1. The summed E-state index contributed by atoms with van der Waals surface area (Å²) in [6.07, 6.45) is 6.02.